The number of hydrogen-bond acceptors (Lipinski definition) is 6. The fourth-order valence-electron chi connectivity index (χ4n) is 3.51. The summed E-state index contributed by atoms with van der Waals surface area (Å²) < 4.78 is 7.36. The van der Waals surface area contributed by atoms with Gasteiger partial charge in [-0.3, -0.25) is 4.79 Å². The predicted octanol–water partition coefficient (Wildman–Crippen LogP) is 2.97. The third-order valence-corrected chi connectivity index (χ3v) is 5.86. The van der Waals surface area contributed by atoms with E-state index >= 15 is 0 Å². The molecule has 2 heterocycles. The lowest BCUT2D eigenvalue weighted by molar-refractivity contribution is -0.119. The van der Waals surface area contributed by atoms with Crippen molar-refractivity contribution in [2.24, 2.45) is 0 Å². The van der Waals surface area contributed by atoms with Gasteiger partial charge in [-0.05, 0) is 46.5 Å². The second-order valence-corrected chi connectivity index (χ2v) is 7.87. The van der Waals surface area contributed by atoms with Crippen molar-refractivity contribution in [1.29, 1.82) is 0 Å². The number of thioether (sulfide) groups is 1. The van der Waals surface area contributed by atoms with Gasteiger partial charge in [0.15, 0.2) is 0 Å². The van der Waals surface area contributed by atoms with Gasteiger partial charge in [-0.1, -0.05) is 54.2 Å². The van der Waals surface area contributed by atoms with E-state index in [9.17, 15) is 4.79 Å². The van der Waals surface area contributed by atoms with E-state index in [0.717, 1.165) is 30.4 Å². The lowest BCUT2D eigenvalue weighted by atomic mass is 10.00. The van der Waals surface area contributed by atoms with Crippen molar-refractivity contribution in [3.8, 4) is 0 Å². The van der Waals surface area contributed by atoms with Crippen LogP contribution >= 0.6 is 11.8 Å². The van der Waals surface area contributed by atoms with Crippen LogP contribution in [0.25, 0.3) is 10.8 Å². The number of tetrazole rings is 1. The van der Waals surface area contributed by atoms with Crippen molar-refractivity contribution in [3.05, 3.63) is 48.0 Å². The Kier molecular flexibility index (Phi) is 5.87. The van der Waals surface area contributed by atoms with Crippen LogP contribution < -0.4 is 5.32 Å². The smallest absolute Gasteiger partial charge is 0.230 e. The molecule has 1 saturated heterocycles. The molecule has 7 nitrogen and oxygen atoms in total. The molecule has 146 valence electrons. The van der Waals surface area contributed by atoms with Crippen LogP contribution in [0.15, 0.2) is 47.6 Å². The van der Waals surface area contributed by atoms with Gasteiger partial charge in [0.1, 0.15) is 0 Å². The fourth-order valence-corrected chi connectivity index (χ4v) is 4.21. The molecule has 2 aromatic carbocycles. The number of aromatic nitrogens is 4. The summed E-state index contributed by atoms with van der Waals surface area (Å²) in [4.78, 5) is 12.5. The first-order valence-corrected chi connectivity index (χ1v) is 10.5. The Balaban J connectivity index is 1.35. The molecule has 0 radical (unpaired) electrons. The van der Waals surface area contributed by atoms with E-state index in [-0.39, 0.29) is 23.8 Å². The number of amides is 1. The first-order valence-electron chi connectivity index (χ1n) is 9.48. The molecule has 1 amide bonds. The summed E-state index contributed by atoms with van der Waals surface area (Å²) in [5, 5.41) is 17.9. The zero-order chi connectivity index (χ0) is 19.3. The summed E-state index contributed by atoms with van der Waals surface area (Å²) in [6.45, 7) is 3.43. The van der Waals surface area contributed by atoms with Gasteiger partial charge in [-0.15, -0.1) is 5.10 Å². The minimum Gasteiger partial charge on any atom is -0.376 e. The van der Waals surface area contributed by atoms with Gasteiger partial charge in [-0.2, -0.15) is 0 Å². The van der Waals surface area contributed by atoms with Gasteiger partial charge < -0.3 is 10.1 Å². The number of nitrogens with one attached hydrogen (secondary N) is 1. The van der Waals surface area contributed by atoms with Crippen LogP contribution in [0.3, 0.4) is 0 Å². The monoisotopic (exact) mass is 397 g/mol. The number of hydrogen-bond donors (Lipinski definition) is 1. The lowest BCUT2D eigenvalue weighted by Gasteiger charge is -2.16. The maximum absolute atomic E-state index is 12.5. The molecule has 0 unspecified atom stereocenters. The maximum atomic E-state index is 12.5. The van der Waals surface area contributed by atoms with Gasteiger partial charge in [0.2, 0.25) is 11.1 Å². The number of carbonyl (C=O) groups excluding carboxylic acids is 1. The highest BCUT2D eigenvalue weighted by Gasteiger charge is 2.20. The average molecular weight is 398 g/mol. The number of benzene rings is 2. The van der Waals surface area contributed by atoms with Gasteiger partial charge in [0.05, 0.1) is 24.4 Å². The molecule has 0 aliphatic carbocycles. The largest absolute Gasteiger partial charge is 0.376 e. The van der Waals surface area contributed by atoms with E-state index in [4.69, 9.17) is 4.74 Å². The number of carbonyl (C=O) groups is 1. The summed E-state index contributed by atoms with van der Waals surface area (Å²) in [6, 6.07) is 14.3. The molecule has 0 bridgehead atoms. The minimum atomic E-state index is -0.0814. The van der Waals surface area contributed by atoms with Crippen molar-refractivity contribution >= 4 is 28.4 Å². The Labute approximate surface area is 167 Å². The fraction of sp³-hybridized carbons (Fsp3) is 0.400. The molecule has 1 aliphatic heterocycles. The molecule has 1 aliphatic rings. The summed E-state index contributed by atoms with van der Waals surface area (Å²) in [5.41, 5.74) is 1.11. The molecule has 1 N–H and O–H groups in total. The van der Waals surface area contributed by atoms with E-state index in [1.807, 2.05) is 25.1 Å². The van der Waals surface area contributed by atoms with Crippen LogP contribution in [0, 0.1) is 0 Å². The summed E-state index contributed by atoms with van der Waals surface area (Å²) in [5.74, 6) is 0.221. The van der Waals surface area contributed by atoms with Crippen LogP contribution in [0.1, 0.15) is 31.4 Å². The Hall–Kier alpha value is -2.45. The molecule has 2 atom stereocenters. The molecule has 1 aromatic heterocycles. The highest BCUT2D eigenvalue weighted by Crippen LogP contribution is 2.24. The molecule has 1 fully saturated rings. The Morgan fingerprint density at radius 2 is 2.18 bits per heavy atom. The molecular weight excluding hydrogens is 374 g/mol. The highest BCUT2D eigenvalue weighted by molar-refractivity contribution is 7.99. The SMILES string of the molecule is C[C@H](NC(=O)CSc1nnnn1C[C@@H]1CCCO1)c1cccc2ccccc12. The molecule has 0 spiro atoms. The van der Waals surface area contributed by atoms with Crippen molar-refractivity contribution < 1.29 is 9.53 Å². The van der Waals surface area contributed by atoms with Crippen LogP contribution in [0.4, 0.5) is 0 Å². The molecule has 28 heavy (non-hydrogen) atoms. The third kappa shape index (κ3) is 4.34. The van der Waals surface area contributed by atoms with Gasteiger partial charge in [0, 0.05) is 6.61 Å². The standard InChI is InChI=1S/C20H23N5O2S/c1-14(17-10-4-7-15-6-2-3-9-18(15)17)21-19(26)13-28-20-22-23-24-25(20)12-16-8-5-11-27-16/h2-4,6-7,9-10,14,16H,5,8,11-13H2,1H3,(H,21,26)/t14-,16-/m0/s1. The average Bonchev–Trinajstić information content (AvgIpc) is 3.38. The number of rotatable bonds is 7. The van der Waals surface area contributed by atoms with Crippen molar-refractivity contribution in [2.45, 2.75) is 43.6 Å². The predicted molar refractivity (Wildman–Crippen MR) is 108 cm³/mol. The van der Waals surface area contributed by atoms with E-state index in [2.05, 4.69) is 45.1 Å². The van der Waals surface area contributed by atoms with Crippen LogP contribution in [0.2, 0.25) is 0 Å². The van der Waals surface area contributed by atoms with Gasteiger partial charge >= 0.3 is 0 Å². The molecule has 8 heteroatoms. The Bertz CT molecular complexity index is 949. The normalized spacial score (nSPS) is 17.7. The van der Waals surface area contributed by atoms with Gasteiger partial charge in [0.25, 0.3) is 0 Å². The first kappa shape index (κ1) is 18.9. The molecule has 3 aromatic rings. The van der Waals surface area contributed by atoms with E-state index < -0.39 is 0 Å². The number of fused-ring (bicyclic) bond motifs is 1. The number of nitrogens with zero attached hydrogens (tertiary/aromatic N) is 4. The second-order valence-electron chi connectivity index (χ2n) is 6.92. The second kappa shape index (κ2) is 8.70. The quantitative estimate of drug-likeness (QED) is 0.617. The van der Waals surface area contributed by atoms with Crippen molar-refractivity contribution in [2.75, 3.05) is 12.4 Å². The maximum Gasteiger partial charge on any atom is 0.230 e. The highest BCUT2D eigenvalue weighted by atomic mass is 32.2. The van der Waals surface area contributed by atoms with Gasteiger partial charge in [-0.25, -0.2) is 4.68 Å². The zero-order valence-electron chi connectivity index (χ0n) is 15.7. The molecular formula is C20H23N5O2S. The van der Waals surface area contributed by atoms with Crippen LogP contribution in [-0.2, 0) is 16.1 Å². The van der Waals surface area contributed by atoms with E-state index in [1.165, 1.54) is 17.1 Å². The topological polar surface area (TPSA) is 81.9 Å². The summed E-state index contributed by atoms with van der Waals surface area (Å²) in [6.07, 6.45) is 2.25. The van der Waals surface area contributed by atoms with Crippen LogP contribution in [0.5, 0.6) is 0 Å². The third-order valence-electron chi connectivity index (χ3n) is 4.90. The van der Waals surface area contributed by atoms with E-state index in [1.54, 1.807) is 4.68 Å². The van der Waals surface area contributed by atoms with E-state index in [0.29, 0.717) is 11.7 Å². The minimum absolute atomic E-state index is 0.0444. The van der Waals surface area contributed by atoms with Crippen molar-refractivity contribution in [1.82, 2.24) is 25.5 Å². The first-order chi connectivity index (χ1) is 13.7. The summed E-state index contributed by atoms with van der Waals surface area (Å²) >= 11 is 1.35. The Morgan fingerprint density at radius 3 is 3.04 bits per heavy atom. The summed E-state index contributed by atoms with van der Waals surface area (Å²) in [7, 11) is 0. The Morgan fingerprint density at radius 1 is 1.32 bits per heavy atom. The van der Waals surface area contributed by atoms with Crippen molar-refractivity contribution in [3.63, 3.8) is 0 Å². The zero-order valence-corrected chi connectivity index (χ0v) is 16.6. The number of ether oxygens (including phenoxy) is 1. The molecule has 4 rings (SSSR count). The lowest BCUT2D eigenvalue weighted by Crippen LogP contribution is -2.28. The van der Waals surface area contributed by atoms with Crippen LogP contribution in [-0.4, -0.2) is 44.6 Å². The molecule has 0 saturated carbocycles.